The van der Waals surface area contributed by atoms with Gasteiger partial charge in [-0.1, -0.05) is 18.2 Å². The second-order valence-electron chi connectivity index (χ2n) is 4.87. The van der Waals surface area contributed by atoms with Crippen molar-refractivity contribution in [3.05, 3.63) is 71.2 Å². The van der Waals surface area contributed by atoms with E-state index < -0.39 is 0 Å². The fraction of sp³-hybridized carbons (Fsp3) is 0.118. The van der Waals surface area contributed by atoms with Crippen LogP contribution in [0.3, 0.4) is 0 Å². The molecule has 0 bridgehead atoms. The van der Waals surface area contributed by atoms with Gasteiger partial charge in [0.2, 0.25) is 0 Å². The molecule has 3 rings (SSSR count). The van der Waals surface area contributed by atoms with E-state index in [0.29, 0.717) is 12.0 Å². The van der Waals surface area contributed by atoms with Gasteiger partial charge in [-0.2, -0.15) is 0 Å². The zero-order valence-electron chi connectivity index (χ0n) is 11.5. The highest BCUT2D eigenvalue weighted by Crippen LogP contribution is 2.22. The zero-order valence-corrected chi connectivity index (χ0v) is 11.5. The van der Waals surface area contributed by atoms with Gasteiger partial charge < -0.3 is 9.72 Å². The molecular formula is C17H14FNO2. The van der Waals surface area contributed by atoms with Crippen LogP contribution < -0.4 is 0 Å². The molecule has 4 heteroatoms. The van der Waals surface area contributed by atoms with E-state index in [1.807, 2.05) is 12.3 Å². The van der Waals surface area contributed by atoms with Gasteiger partial charge in [-0.3, -0.25) is 0 Å². The number of esters is 1. The predicted octanol–water partition coefficient (Wildman–Crippen LogP) is 3.68. The summed E-state index contributed by atoms with van der Waals surface area (Å²) < 4.78 is 17.6. The van der Waals surface area contributed by atoms with E-state index in [-0.39, 0.29) is 11.8 Å². The Hall–Kier alpha value is -2.62. The topological polar surface area (TPSA) is 42.1 Å². The molecule has 0 spiro atoms. The minimum atomic E-state index is -0.355. The molecule has 0 unspecified atom stereocenters. The lowest BCUT2D eigenvalue weighted by atomic mass is 10.0. The molecule has 21 heavy (non-hydrogen) atoms. The Morgan fingerprint density at radius 3 is 2.67 bits per heavy atom. The van der Waals surface area contributed by atoms with Crippen LogP contribution in [-0.4, -0.2) is 18.1 Å². The van der Waals surface area contributed by atoms with E-state index in [2.05, 4.69) is 4.98 Å². The van der Waals surface area contributed by atoms with Gasteiger partial charge in [-0.15, -0.1) is 0 Å². The van der Waals surface area contributed by atoms with Gasteiger partial charge in [0.05, 0.1) is 12.7 Å². The number of carbonyl (C=O) groups excluding carboxylic acids is 1. The second-order valence-corrected chi connectivity index (χ2v) is 4.87. The Morgan fingerprint density at radius 1 is 1.19 bits per heavy atom. The van der Waals surface area contributed by atoms with Crippen molar-refractivity contribution in [1.29, 1.82) is 0 Å². The predicted molar refractivity (Wildman–Crippen MR) is 78.8 cm³/mol. The van der Waals surface area contributed by atoms with Crippen molar-refractivity contribution in [1.82, 2.24) is 4.98 Å². The number of fused-ring (bicyclic) bond motifs is 1. The lowest BCUT2D eigenvalue weighted by molar-refractivity contribution is 0.0601. The Morgan fingerprint density at radius 2 is 1.95 bits per heavy atom. The minimum Gasteiger partial charge on any atom is -0.465 e. The zero-order chi connectivity index (χ0) is 14.8. The van der Waals surface area contributed by atoms with Gasteiger partial charge in [0.15, 0.2) is 0 Å². The number of aromatic nitrogens is 1. The Labute approximate surface area is 121 Å². The molecule has 0 saturated heterocycles. The molecule has 1 aromatic heterocycles. The first-order valence-corrected chi connectivity index (χ1v) is 6.60. The van der Waals surface area contributed by atoms with E-state index in [9.17, 15) is 9.18 Å². The third-order valence-corrected chi connectivity index (χ3v) is 3.50. The maximum atomic E-state index is 12.9. The average Bonchev–Trinajstić information content (AvgIpc) is 2.91. The summed E-state index contributed by atoms with van der Waals surface area (Å²) >= 11 is 0. The number of benzene rings is 2. The van der Waals surface area contributed by atoms with Gasteiger partial charge in [0.1, 0.15) is 5.82 Å². The summed E-state index contributed by atoms with van der Waals surface area (Å²) in [4.78, 5) is 14.7. The Kier molecular flexibility index (Phi) is 3.44. The largest absolute Gasteiger partial charge is 0.465 e. The van der Waals surface area contributed by atoms with E-state index >= 15 is 0 Å². The van der Waals surface area contributed by atoms with Crippen LogP contribution in [0.25, 0.3) is 10.9 Å². The molecule has 3 nitrogen and oxygen atoms in total. The van der Waals surface area contributed by atoms with Crippen molar-refractivity contribution in [2.75, 3.05) is 7.11 Å². The number of methoxy groups -OCH3 is 1. The standard InChI is InChI=1S/C17H14FNO2/c1-21-17(20)12-4-7-15-13(10-19-16(15)9-12)8-11-2-5-14(18)6-3-11/h2-7,9-10,19H,8H2,1H3. The maximum absolute atomic E-state index is 12.9. The van der Waals surface area contributed by atoms with Gasteiger partial charge in [0, 0.05) is 17.1 Å². The summed E-state index contributed by atoms with van der Waals surface area (Å²) in [5, 5.41) is 1.05. The molecule has 2 aromatic carbocycles. The molecule has 1 N–H and O–H groups in total. The quantitative estimate of drug-likeness (QED) is 0.745. The molecule has 0 aliphatic heterocycles. The Bertz CT molecular complexity index is 790. The van der Waals surface area contributed by atoms with Crippen LogP contribution in [0.15, 0.2) is 48.7 Å². The third-order valence-electron chi connectivity index (χ3n) is 3.50. The van der Waals surface area contributed by atoms with E-state index in [1.54, 1.807) is 24.3 Å². The van der Waals surface area contributed by atoms with Crippen LogP contribution in [0, 0.1) is 5.82 Å². The molecule has 0 radical (unpaired) electrons. The highest BCUT2D eigenvalue weighted by molar-refractivity contribution is 5.95. The third kappa shape index (κ3) is 2.65. The monoisotopic (exact) mass is 283 g/mol. The van der Waals surface area contributed by atoms with Gasteiger partial charge >= 0.3 is 5.97 Å². The van der Waals surface area contributed by atoms with Crippen molar-refractivity contribution in [2.24, 2.45) is 0 Å². The highest BCUT2D eigenvalue weighted by atomic mass is 19.1. The van der Waals surface area contributed by atoms with E-state index in [1.165, 1.54) is 19.2 Å². The first-order chi connectivity index (χ1) is 10.2. The molecule has 3 aromatic rings. The van der Waals surface area contributed by atoms with Crippen molar-refractivity contribution in [3.63, 3.8) is 0 Å². The number of carbonyl (C=O) groups is 1. The number of H-pyrrole nitrogens is 1. The molecule has 0 fully saturated rings. The fourth-order valence-electron chi connectivity index (χ4n) is 2.40. The normalized spacial score (nSPS) is 10.8. The molecule has 1 heterocycles. The first-order valence-electron chi connectivity index (χ1n) is 6.60. The number of hydrogen-bond donors (Lipinski definition) is 1. The Balaban J connectivity index is 1.93. The molecule has 106 valence electrons. The summed E-state index contributed by atoms with van der Waals surface area (Å²) in [5.74, 6) is -0.591. The summed E-state index contributed by atoms with van der Waals surface area (Å²) in [6, 6.07) is 11.9. The molecule has 0 aliphatic carbocycles. The van der Waals surface area contributed by atoms with Crippen molar-refractivity contribution >= 4 is 16.9 Å². The average molecular weight is 283 g/mol. The van der Waals surface area contributed by atoms with Crippen LogP contribution in [0.1, 0.15) is 21.5 Å². The van der Waals surface area contributed by atoms with Gasteiger partial charge in [-0.25, -0.2) is 9.18 Å². The summed E-state index contributed by atoms with van der Waals surface area (Å²) in [6.45, 7) is 0. The lowest BCUT2D eigenvalue weighted by Crippen LogP contribution is -2.00. The van der Waals surface area contributed by atoms with Crippen LogP contribution in [0.4, 0.5) is 4.39 Å². The van der Waals surface area contributed by atoms with Crippen LogP contribution in [0.2, 0.25) is 0 Å². The number of nitrogens with one attached hydrogen (secondary N) is 1. The van der Waals surface area contributed by atoms with Crippen molar-refractivity contribution in [3.8, 4) is 0 Å². The number of halogens is 1. The number of rotatable bonds is 3. The smallest absolute Gasteiger partial charge is 0.337 e. The van der Waals surface area contributed by atoms with Crippen LogP contribution in [0.5, 0.6) is 0 Å². The number of aromatic amines is 1. The second kappa shape index (κ2) is 5.40. The molecular weight excluding hydrogens is 269 g/mol. The van der Waals surface area contributed by atoms with Crippen LogP contribution >= 0.6 is 0 Å². The number of ether oxygens (including phenoxy) is 1. The SMILES string of the molecule is COC(=O)c1ccc2c(Cc3ccc(F)cc3)c[nH]c2c1. The lowest BCUT2D eigenvalue weighted by Gasteiger charge is -2.02. The first kappa shape index (κ1) is 13.4. The fourth-order valence-corrected chi connectivity index (χ4v) is 2.40. The molecule has 0 atom stereocenters. The van der Waals surface area contributed by atoms with Crippen LogP contribution in [-0.2, 0) is 11.2 Å². The molecule has 0 saturated carbocycles. The van der Waals surface area contributed by atoms with Gasteiger partial charge in [0.25, 0.3) is 0 Å². The highest BCUT2D eigenvalue weighted by Gasteiger charge is 2.09. The van der Waals surface area contributed by atoms with Crippen molar-refractivity contribution in [2.45, 2.75) is 6.42 Å². The van der Waals surface area contributed by atoms with Gasteiger partial charge in [-0.05, 0) is 41.8 Å². The minimum absolute atomic E-state index is 0.236. The van der Waals surface area contributed by atoms with E-state index in [4.69, 9.17) is 4.74 Å². The number of hydrogen-bond acceptors (Lipinski definition) is 2. The summed E-state index contributed by atoms with van der Waals surface area (Å²) in [5.41, 5.74) is 3.54. The van der Waals surface area contributed by atoms with Crippen molar-refractivity contribution < 1.29 is 13.9 Å². The summed E-state index contributed by atoms with van der Waals surface area (Å²) in [6.07, 6.45) is 2.62. The maximum Gasteiger partial charge on any atom is 0.337 e. The van der Waals surface area contributed by atoms with E-state index in [0.717, 1.165) is 22.0 Å². The summed E-state index contributed by atoms with van der Waals surface area (Å²) in [7, 11) is 1.36. The molecule has 0 amide bonds. The molecule has 0 aliphatic rings.